The first-order valence-corrected chi connectivity index (χ1v) is 9.46. The van der Waals surface area contributed by atoms with Crippen molar-refractivity contribution in [3.05, 3.63) is 106 Å². The van der Waals surface area contributed by atoms with Gasteiger partial charge < -0.3 is 9.14 Å². The lowest BCUT2D eigenvalue weighted by Crippen LogP contribution is -2.24. The van der Waals surface area contributed by atoms with Gasteiger partial charge in [0.2, 0.25) is 0 Å². The minimum Gasteiger partial charge on any atom is -0.455 e. The van der Waals surface area contributed by atoms with Gasteiger partial charge in [0.05, 0.1) is 11.3 Å². The normalized spacial score (nSPS) is 12.6. The third kappa shape index (κ3) is 2.73. The monoisotopic (exact) mass is 396 g/mol. The summed E-state index contributed by atoms with van der Waals surface area (Å²) in [6, 6.07) is 15.1. The molecule has 0 atom stereocenters. The lowest BCUT2D eigenvalue weighted by molar-refractivity contribution is 0.0465. The smallest absolute Gasteiger partial charge is 0.339 e. The van der Waals surface area contributed by atoms with Crippen molar-refractivity contribution in [2.75, 3.05) is 0 Å². The van der Waals surface area contributed by atoms with E-state index in [1.165, 1.54) is 6.07 Å². The van der Waals surface area contributed by atoms with Crippen molar-refractivity contribution in [2.24, 2.45) is 0 Å². The van der Waals surface area contributed by atoms with Gasteiger partial charge in [-0.1, -0.05) is 42.5 Å². The predicted molar refractivity (Wildman–Crippen MR) is 109 cm³/mol. The molecule has 4 aromatic rings. The van der Waals surface area contributed by atoms with Gasteiger partial charge in [-0.15, -0.1) is 0 Å². The number of carbonyl (C=O) groups is 3. The molecule has 30 heavy (non-hydrogen) atoms. The Hall–Kier alpha value is -4.06. The molecule has 0 N–H and O–H groups in total. The Bertz CT molecular complexity index is 1370. The number of ketones is 2. The minimum atomic E-state index is -0.666. The zero-order valence-electron chi connectivity index (χ0n) is 16.1. The number of hydrogen-bond acceptors (Lipinski definition) is 5. The van der Waals surface area contributed by atoms with Crippen molar-refractivity contribution in [3.63, 3.8) is 0 Å². The Morgan fingerprint density at radius 3 is 2.43 bits per heavy atom. The number of fused-ring (bicyclic) bond motifs is 3. The van der Waals surface area contributed by atoms with E-state index in [0.29, 0.717) is 16.8 Å². The highest BCUT2D eigenvalue weighted by Crippen LogP contribution is 2.30. The molecule has 0 aliphatic heterocycles. The summed E-state index contributed by atoms with van der Waals surface area (Å²) >= 11 is 0. The molecular formula is C24H16N2O4. The summed E-state index contributed by atoms with van der Waals surface area (Å²) in [4.78, 5) is 43.2. The van der Waals surface area contributed by atoms with Crippen molar-refractivity contribution in [2.45, 2.75) is 13.5 Å². The molecule has 2 heterocycles. The molecule has 2 aromatic carbocycles. The van der Waals surface area contributed by atoms with Gasteiger partial charge in [-0.05, 0) is 24.6 Å². The van der Waals surface area contributed by atoms with Crippen LogP contribution < -0.4 is 0 Å². The van der Waals surface area contributed by atoms with Crippen molar-refractivity contribution >= 4 is 23.2 Å². The Kier molecular flexibility index (Phi) is 4.06. The highest BCUT2D eigenvalue weighted by Gasteiger charge is 2.33. The first kappa shape index (κ1) is 18.0. The average Bonchev–Trinajstić information content (AvgIpc) is 3.20. The van der Waals surface area contributed by atoms with Crippen LogP contribution in [0.3, 0.4) is 0 Å². The number of benzene rings is 2. The molecule has 5 rings (SSSR count). The van der Waals surface area contributed by atoms with E-state index in [1.54, 1.807) is 42.6 Å². The molecule has 146 valence electrons. The molecule has 0 saturated carbocycles. The van der Waals surface area contributed by atoms with Crippen LogP contribution in [0, 0.1) is 6.92 Å². The Morgan fingerprint density at radius 1 is 0.933 bits per heavy atom. The van der Waals surface area contributed by atoms with Gasteiger partial charge in [0, 0.05) is 34.6 Å². The molecule has 0 spiro atoms. The van der Waals surface area contributed by atoms with Gasteiger partial charge in [0.25, 0.3) is 0 Å². The zero-order valence-corrected chi connectivity index (χ0v) is 16.1. The van der Waals surface area contributed by atoms with E-state index in [0.717, 1.165) is 11.2 Å². The third-order valence-corrected chi connectivity index (χ3v) is 5.25. The van der Waals surface area contributed by atoms with E-state index in [-0.39, 0.29) is 34.9 Å². The molecule has 0 bridgehead atoms. The number of nitrogens with zero attached hydrogens (tertiary/aromatic N) is 2. The van der Waals surface area contributed by atoms with Crippen LogP contribution in [0.25, 0.3) is 5.65 Å². The molecule has 0 unspecified atom stereocenters. The molecule has 0 fully saturated rings. The number of aromatic nitrogens is 2. The van der Waals surface area contributed by atoms with Gasteiger partial charge >= 0.3 is 5.97 Å². The quantitative estimate of drug-likeness (QED) is 0.434. The maximum absolute atomic E-state index is 13.0. The van der Waals surface area contributed by atoms with Crippen LogP contribution in [-0.4, -0.2) is 26.9 Å². The molecule has 0 saturated heterocycles. The van der Waals surface area contributed by atoms with E-state index < -0.39 is 5.97 Å². The van der Waals surface area contributed by atoms with Crippen molar-refractivity contribution in [1.82, 2.24) is 9.38 Å². The number of rotatable bonds is 3. The molecule has 6 heteroatoms. The van der Waals surface area contributed by atoms with Crippen LogP contribution in [0.15, 0.2) is 67.0 Å². The number of esters is 1. The van der Waals surface area contributed by atoms with Crippen molar-refractivity contribution in [3.8, 4) is 0 Å². The first-order valence-electron chi connectivity index (χ1n) is 9.46. The van der Waals surface area contributed by atoms with Gasteiger partial charge in [0.15, 0.2) is 11.6 Å². The largest absolute Gasteiger partial charge is 0.455 e. The molecule has 1 aliphatic rings. The lowest BCUT2D eigenvalue weighted by Gasteiger charge is -2.19. The summed E-state index contributed by atoms with van der Waals surface area (Å²) in [6.07, 6.45) is 3.66. The van der Waals surface area contributed by atoms with Crippen LogP contribution in [-0.2, 0) is 11.3 Å². The highest BCUT2D eigenvalue weighted by molar-refractivity contribution is 6.30. The van der Waals surface area contributed by atoms with Gasteiger partial charge in [-0.25, -0.2) is 9.78 Å². The maximum atomic E-state index is 13.0. The molecule has 0 radical (unpaired) electrons. The fraction of sp³-hybridized carbons (Fsp3) is 0.0833. The summed E-state index contributed by atoms with van der Waals surface area (Å²) in [5.41, 5.74) is 3.43. The molecule has 1 aliphatic carbocycles. The predicted octanol–water partition coefficient (Wildman–Crippen LogP) is 3.78. The van der Waals surface area contributed by atoms with Crippen molar-refractivity contribution in [1.29, 1.82) is 0 Å². The number of aryl methyl sites for hydroxylation is 1. The Balaban J connectivity index is 1.46. The van der Waals surface area contributed by atoms with Gasteiger partial charge in [-0.2, -0.15) is 0 Å². The average molecular weight is 396 g/mol. The summed E-state index contributed by atoms with van der Waals surface area (Å²) in [5, 5.41) is 0. The Labute approximate surface area is 171 Å². The number of pyridine rings is 1. The summed E-state index contributed by atoms with van der Waals surface area (Å²) < 4.78 is 7.31. The van der Waals surface area contributed by atoms with Crippen molar-refractivity contribution < 1.29 is 19.1 Å². The second kappa shape index (κ2) is 6.77. The van der Waals surface area contributed by atoms with Crippen LogP contribution in [0.4, 0.5) is 0 Å². The maximum Gasteiger partial charge on any atom is 0.339 e. The minimum absolute atomic E-state index is 0.0393. The van der Waals surface area contributed by atoms with E-state index >= 15 is 0 Å². The summed E-state index contributed by atoms with van der Waals surface area (Å²) in [7, 11) is 0. The number of carbonyl (C=O) groups excluding carboxylic acids is 3. The van der Waals surface area contributed by atoms with Gasteiger partial charge in [-0.3, -0.25) is 9.59 Å². The van der Waals surface area contributed by atoms with Gasteiger partial charge in [0.1, 0.15) is 12.3 Å². The van der Waals surface area contributed by atoms with E-state index in [9.17, 15) is 14.4 Å². The second-order valence-electron chi connectivity index (χ2n) is 7.16. The number of ether oxygens (including phenoxy) is 1. The molecule has 2 aromatic heterocycles. The topological polar surface area (TPSA) is 77.7 Å². The first-order chi connectivity index (χ1) is 14.5. The third-order valence-electron chi connectivity index (χ3n) is 5.25. The summed E-state index contributed by atoms with van der Waals surface area (Å²) in [5.74, 6) is -1.29. The Morgan fingerprint density at radius 2 is 1.67 bits per heavy atom. The second-order valence-corrected chi connectivity index (χ2v) is 7.16. The fourth-order valence-corrected chi connectivity index (χ4v) is 3.81. The van der Waals surface area contributed by atoms with E-state index in [4.69, 9.17) is 4.74 Å². The molecule has 0 amide bonds. The van der Waals surface area contributed by atoms with Crippen LogP contribution in [0.5, 0.6) is 0 Å². The summed E-state index contributed by atoms with van der Waals surface area (Å²) in [6.45, 7) is 1.91. The van der Waals surface area contributed by atoms with E-state index in [1.807, 2.05) is 29.7 Å². The van der Waals surface area contributed by atoms with Crippen LogP contribution >= 0.6 is 0 Å². The number of imidazole rings is 1. The number of hydrogen-bond donors (Lipinski definition) is 0. The zero-order chi connectivity index (χ0) is 20.8. The van der Waals surface area contributed by atoms with E-state index in [2.05, 4.69) is 4.98 Å². The van der Waals surface area contributed by atoms with Crippen LogP contribution in [0.1, 0.15) is 53.5 Å². The molecule has 6 nitrogen and oxygen atoms in total. The fourth-order valence-electron chi connectivity index (χ4n) is 3.81. The molecular weight excluding hydrogens is 380 g/mol. The van der Waals surface area contributed by atoms with Crippen LogP contribution in [0.2, 0.25) is 0 Å². The SMILES string of the molecule is Cc1cccn2cc(COC(=O)c3cccc4c3C(=O)c3ccccc3C4=O)nc12. The highest BCUT2D eigenvalue weighted by atomic mass is 16.5. The lowest BCUT2D eigenvalue weighted by atomic mass is 9.82. The standard InChI is InChI=1S/C24H16N2O4/c1-14-6-5-11-26-12-15(25-23(14)26)13-30-24(29)19-10-4-9-18-20(19)22(28)17-8-3-2-7-16(17)21(18)27/h2-12H,13H2,1H3.